The second-order valence-corrected chi connectivity index (χ2v) is 6.23. The van der Waals surface area contributed by atoms with Crippen molar-refractivity contribution in [1.82, 2.24) is 4.98 Å². The van der Waals surface area contributed by atoms with Crippen LogP contribution in [0.1, 0.15) is 5.56 Å². The number of alkyl halides is 5. The van der Waals surface area contributed by atoms with Crippen LogP contribution in [0.25, 0.3) is 0 Å². The molecule has 0 spiro atoms. The predicted octanol–water partition coefficient (Wildman–Crippen LogP) is 5.72. The van der Waals surface area contributed by atoms with Crippen LogP contribution in [-0.4, -0.2) is 9.57 Å². The fraction of sp³-hybridized carbons (Fsp3) is 0.154. The molecule has 12 heteroatoms. The molecule has 2 N–H and O–H groups in total. The van der Waals surface area contributed by atoms with E-state index in [4.69, 9.17) is 40.5 Å². The molecule has 1 aromatic heterocycles. The smallest absolute Gasteiger partial charge is 0.336 e. The molecule has 1 aromatic carbocycles. The van der Waals surface area contributed by atoms with Crippen molar-refractivity contribution in [1.29, 1.82) is 0 Å². The zero-order valence-electron chi connectivity index (χ0n) is 11.6. The lowest BCUT2D eigenvalue weighted by atomic mass is 10.1. The van der Waals surface area contributed by atoms with E-state index in [1.54, 1.807) is 0 Å². The maximum atomic E-state index is 13.7. The van der Waals surface area contributed by atoms with E-state index in [0.717, 1.165) is 0 Å². The summed E-state index contributed by atoms with van der Waals surface area (Å²) in [6.07, 6.45) is 0.365. The van der Waals surface area contributed by atoms with Gasteiger partial charge in [0.25, 0.3) is 0 Å². The number of anilines is 1. The zero-order chi connectivity index (χ0) is 19.2. The molecule has 0 aliphatic heterocycles. The summed E-state index contributed by atoms with van der Waals surface area (Å²) in [7, 11) is 0. The lowest BCUT2D eigenvalue weighted by molar-refractivity contribution is -0.0653. The van der Waals surface area contributed by atoms with Gasteiger partial charge in [0, 0.05) is 17.8 Å². The van der Waals surface area contributed by atoms with Gasteiger partial charge in [0.1, 0.15) is 5.02 Å². The largest absolute Gasteiger partial charge is 0.431 e. The molecule has 0 aliphatic carbocycles. The molecule has 0 saturated carbocycles. The summed E-state index contributed by atoms with van der Waals surface area (Å²) in [5, 5.41) is -0.703. The van der Waals surface area contributed by atoms with E-state index in [9.17, 15) is 26.3 Å². The number of nitrogen functional groups attached to an aromatic ring is 1. The molecule has 2 rings (SSSR count). The van der Waals surface area contributed by atoms with Crippen molar-refractivity contribution in [2.24, 2.45) is 0 Å². The predicted molar refractivity (Wildman–Crippen MR) is 79.5 cm³/mol. The quantitative estimate of drug-likeness (QED) is 0.295. The van der Waals surface area contributed by atoms with Crippen LogP contribution in [0.4, 0.5) is 32.0 Å². The van der Waals surface area contributed by atoms with Crippen LogP contribution in [0.15, 0.2) is 18.3 Å². The summed E-state index contributed by atoms with van der Waals surface area (Å²) in [6.45, 7) is 0. The minimum atomic E-state index is -4.41. The third kappa shape index (κ3) is 3.68. The molecule has 1 heterocycles. The third-order valence-corrected chi connectivity index (χ3v) is 3.61. The molecule has 0 saturated heterocycles. The first-order valence-corrected chi connectivity index (χ1v) is 7.21. The maximum Gasteiger partial charge on any atom is 0.336 e. The minimum absolute atomic E-state index is 0.365. The second kappa shape index (κ2) is 6.62. The molecule has 0 atom stereocenters. The highest BCUT2D eigenvalue weighted by Crippen LogP contribution is 2.48. The Kier molecular flexibility index (Phi) is 5.23. The zero-order valence-corrected chi connectivity index (χ0v) is 13.8. The Labute approximate surface area is 151 Å². The Bertz CT molecular complexity index is 828. The molecule has 0 aliphatic rings. The lowest BCUT2D eigenvalue weighted by Crippen LogP contribution is -2.31. The molecule has 3 nitrogen and oxygen atoms in total. The fourth-order valence-electron chi connectivity index (χ4n) is 1.62. The highest BCUT2D eigenvalue weighted by atomic mass is 35.5. The molecule has 2 aromatic rings. The topological polar surface area (TPSA) is 48.1 Å². The number of halogens is 9. The average molecular weight is 426 g/mol. The highest BCUT2D eigenvalue weighted by molar-refractivity contribution is 6.47. The number of pyridine rings is 1. The molecule has 0 amide bonds. The van der Waals surface area contributed by atoms with Crippen molar-refractivity contribution in [3.63, 3.8) is 0 Å². The number of benzene rings is 1. The Hall–Kier alpha value is -1.58. The summed E-state index contributed by atoms with van der Waals surface area (Å²) in [4.78, 5) is 3.28. The number of aromatic nitrogens is 1. The van der Waals surface area contributed by atoms with Crippen LogP contribution >= 0.6 is 34.8 Å². The van der Waals surface area contributed by atoms with Crippen molar-refractivity contribution in [3.05, 3.63) is 46.4 Å². The van der Waals surface area contributed by atoms with Gasteiger partial charge in [-0.15, -0.1) is 0 Å². The first-order valence-electron chi connectivity index (χ1n) is 6.07. The summed E-state index contributed by atoms with van der Waals surface area (Å²) < 4.78 is 81.8. The van der Waals surface area contributed by atoms with E-state index in [-0.39, 0.29) is 0 Å². The first kappa shape index (κ1) is 19.7. The number of ether oxygens (including phenoxy) is 1. The van der Waals surface area contributed by atoms with Gasteiger partial charge in [-0.2, -0.15) is 13.2 Å². The standard InChI is InChI=1S/C13H5Cl3F6N2O/c14-5-1-4(12(20,21)13(15,16)22)3-24-11(5)25-10-6(17)2-7(23)8(18)9(10)19/h1-3H,23H2. The van der Waals surface area contributed by atoms with Crippen molar-refractivity contribution in [3.8, 4) is 11.6 Å². The fourth-order valence-corrected chi connectivity index (χ4v) is 2.05. The van der Waals surface area contributed by atoms with Crippen LogP contribution < -0.4 is 10.5 Å². The molecule has 0 fully saturated rings. The molecular weight excluding hydrogens is 421 g/mol. The maximum absolute atomic E-state index is 13.7. The normalized spacial score (nSPS) is 12.4. The highest BCUT2D eigenvalue weighted by Gasteiger charge is 2.54. The van der Waals surface area contributed by atoms with Gasteiger partial charge in [0.15, 0.2) is 11.6 Å². The average Bonchev–Trinajstić information content (AvgIpc) is 2.49. The molecular formula is C13H5Cl3F6N2O. The van der Waals surface area contributed by atoms with E-state index in [1.807, 2.05) is 0 Å². The van der Waals surface area contributed by atoms with Crippen molar-refractivity contribution in [2.45, 2.75) is 10.5 Å². The Morgan fingerprint density at radius 2 is 1.64 bits per heavy atom. The third-order valence-electron chi connectivity index (χ3n) is 2.87. The molecule has 0 unspecified atom stereocenters. The molecule has 0 radical (unpaired) electrons. The van der Waals surface area contributed by atoms with Gasteiger partial charge in [-0.1, -0.05) is 34.8 Å². The molecule has 25 heavy (non-hydrogen) atoms. The summed E-state index contributed by atoms with van der Waals surface area (Å²) >= 11 is 15.1. The van der Waals surface area contributed by atoms with Crippen molar-refractivity contribution < 1.29 is 31.1 Å². The minimum Gasteiger partial charge on any atom is -0.431 e. The van der Waals surface area contributed by atoms with Gasteiger partial charge < -0.3 is 10.5 Å². The number of nitrogens with zero attached hydrogens (tertiary/aromatic N) is 1. The Balaban J connectivity index is 2.43. The van der Waals surface area contributed by atoms with Crippen molar-refractivity contribution >= 4 is 40.5 Å². The number of hydrogen-bond donors (Lipinski definition) is 1. The lowest BCUT2D eigenvalue weighted by Gasteiger charge is -2.22. The number of hydrogen-bond acceptors (Lipinski definition) is 3. The number of nitrogens with two attached hydrogens (primary N) is 1. The summed E-state index contributed by atoms with van der Waals surface area (Å²) in [6, 6.07) is 0.898. The summed E-state index contributed by atoms with van der Waals surface area (Å²) in [5.41, 5.74) is 3.07. The van der Waals surface area contributed by atoms with E-state index < -0.39 is 55.9 Å². The van der Waals surface area contributed by atoms with Crippen LogP contribution in [-0.2, 0) is 5.92 Å². The number of rotatable bonds is 4. The van der Waals surface area contributed by atoms with Gasteiger partial charge in [0.05, 0.1) is 5.69 Å². The van der Waals surface area contributed by atoms with Gasteiger partial charge >= 0.3 is 10.5 Å². The van der Waals surface area contributed by atoms with Gasteiger partial charge in [-0.25, -0.2) is 18.2 Å². The van der Waals surface area contributed by atoms with E-state index in [0.29, 0.717) is 18.3 Å². The molecule has 0 bridgehead atoms. The summed E-state index contributed by atoms with van der Waals surface area (Å²) in [5.74, 6) is -11.2. The van der Waals surface area contributed by atoms with Crippen LogP contribution in [0, 0.1) is 17.5 Å². The second-order valence-electron chi connectivity index (χ2n) is 4.59. The van der Waals surface area contributed by atoms with Crippen LogP contribution in [0.3, 0.4) is 0 Å². The van der Waals surface area contributed by atoms with E-state index >= 15 is 0 Å². The van der Waals surface area contributed by atoms with Crippen molar-refractivity contribution in [2.75, 3.05) is 5.73 Å². The van der Waals surface area contributed by atoms with Gasteiger partial charge in [0.2, 0.25) is 17.4 Å². The first-order chi connectivity index (χ1) is 11.4. The Morgan fingerprint density at radius 1 is 1.04 bits per heavy atom. The Morgan fingerprint density at radius 3 is 2.16 bits per heavy atom. The SMILES string of the molecule is Nc1cc(F)c(Oc2ncc(C(F)(F)C(F)(Cl)Cl)cc2Cl)c(F)c1F. The van der Waals surface area contributed by atoms with Gasteiger partial charge in [-0.3, -0.25) is 0 Å². The molecule has 136 valence electrons. The van der Waals surface area contributed by atoms with Crippen LogP contribution in [0.2, 0.25) is 5.02 Å². The van der Waals surface area contributed by atoms with E-state index in [1.165, 1.54) is 0 Å². The van der Waals surface area contributed by atoms with Gasteiger partial charge in [-0.05, 0) is 6.07 Å². The monoisotopic (exact) mass is 424 g/mol. The van der Waals surface area contributed by atoms with Crippen LogP contribution in [0.5, 0.6) is 11.6 Å². The van der Waals surface area contributed by atoms with E-state index in [2.05, 4.69) is 9.72 Å².